The molecule has 0 spiro atoms. The predicted octanol–water partition coefficient (Wildman–Crippen LogP) is 4.84. The molecule has 0 amide bonds. The Labute approximate surface area is 124 Å². The zero-order valence-corrected chi connectivity index (χ0v) is 12.4. The van der Waals surface area contributed by atoms with Gasteiger partial charge in [0.1, 0.15) is 17.1 Å². The van der Waals surface area contributed by atoms with Crippen LogP contribution >= 0.6 is 0 Å². The summed E-state index contributed by atoms with van der Waals surface area (Å²) < 4.78 is 0. The van der Waals surface area contributed by atoms with E-state index in [1.54, 1.807) is 30.5 Å². The van der Waals surface area contributed by atoms with Crippen molar-refractivity contribution in [1.29, 1.82) is 0 Å². The molecule has 0 aliphatic carbocycles. The fourth-order valence-corrected chi connectivity index (χ4v) is 1.90. The highest BCUT2D eigenvalue weighted by atomic mass is 16.3. The van der Waals surface area contributed by atoms with Gasteiger partial charge in [-0.25, -0.2) is 0 Å². The van der Waals surface area contributed by atoms with Crippen molar-refractivity contribution in [3.8, 4) is 5.75 Å². The van der Waals surface area contributed by atoms with E-state index in [1.165, 1.54) is 0 Å². The van der Waals surface area contributed by atoms with Crippen molar-refractivity contribution in [2.75, 3.05) is 0 Å². The molecule has 2 aromatic rings. The van der Waals surface area contributed by atoms with Gasteiger partial charge >= 0.3 is 0 Å². The van der Waals surface area contributed by atoms with Crippen LogP contribution in [-0.4, -0.2) is 11.3 Å². The third-order valence-electron chi connectivity index (χ3n) is 3.17. The number of benzene rings is 2. The lowest BCUT2D eigenvalue weighted by Crippen LogP contribution is -2.10. The molecule has 0 aliphatic rings. The summed E-state index contributed by atoms with van der Waals surface area (Å²) in [6.45, 7) is 6.31. The molecular formula is C17H18N2O2. The van der Waals surface area contributed by atoms with Gasteiger partial charge in [-0.3, -0.25) is 4.99 Å². The van der Waals surface area contributed by atoms with Crippen LogP contribution in [0.15, 0.2) is 52.6 Å². The Hall–Kier alpha value is -2.49. The Morgan fingerprint density at radius 1 is 1.10 bits per heavy atom. The standard InChI is InChI=1S/C17H18N2O2/c1-17(2,3)13-7-8-16(20)15(10-13)18-11-12-5-4-6-14(9-12)19-21/h4-11,20H,1-3H3. The van der Waals surface area contributed by atoms with Gasteiger partial charge in [0.25, 0.3) is 0 Å². The lowest BCUT2D eigenvalue weighted by atomic mass is 9.87. The van der Waals surface area contributed by atoms with Crippen molar-refractivity contribution in [2.45, 2.75) is 26.2 Å². The van der Waals surface area contributed by atoms with Crippen LogP contribution < -0.4 is 0 Å². The maximum atomic E-state index is 10.5. The molecule has 0 heterocycles. The highest BCUT2D eigenvalue weighted by molar-refractivity contribution is 5.83. The number of aliphatic imine (C=N–C) groups is 1. The molecule has 0 aromatic heterocycles. The number of nitrogens with zero attached hydrogens (tertiary/aromatic N) is 2. The molecule has 0 aliphatic heterocycles. The Bertz CT molecular complexity index is 685. The lowest BCUT2D eigenvalue weighted by molar-refractivity contribution is 0.475. The summed E-state index contributed by atoms with van der Waals surface area (Å²) in [6.07, 6.45) is 1.61. The second-order valence-corrected chi connectivity index (χ2v) is 5.90. The Morgan fingerprint density at radius 3 is 2.52 bits per heavy atom. The van der Waals surface area contributed by atoms with E-state index < -0.39 is 0 Å². The third-order valence-corrected chi connectivity index (χ3v) is 3.17. The molecule has 108 valence electrons. The average molecular weight is 282 g/mol. The van der Waals surface area contributed by atoms with Gasteiger partial charge in [-0.2, -0.15) is 0 Å². The minimum absolute atomic E-state index is 0.0146. The van der Waals surface area contributed by atoms with E-state index in [0.717, 1.165) is 11.1 Å². The topological polar surface area (TPSA) is 62.0 Å². The van der Waals surface area contributed by atoms with Crippen molar-refractivity contribution in [1.82, 2.24) is 0 Å². The Kier molecular flexibility index (Phi) is 4.17. The zero-order valence-electron chi connectivity index (χ0n) is 12.4. The molecule has 0 saturated heterocycles. The highest BCUT2D eigenvalue weighted by Crippen LogP contribution is 2.32. The monoisotopic (exact) mass is 282 g/mol. The van der Waals surface area contributed by atoms with Gasteiger partial charge < -0.3 is 5.11 Å². The van der Waals surface area contributed by atoms with Gasteiger partial charge in [0, 0.05) is 6.21 Å². The smallest absolute Gasteiger partial charge is 0.141 e. The van der Waals surface area contributed by atoms with Crippen LogP contribution in [0.2, 0.25) is 0 Å². The first-order valence-electron chi connectivity index (χ1n) is 6.71. The first-order valence-corrected chi connectivity index (χ1v) is 6.71. The largest absolute Gasteiger partial charge is 0.506 e. The molecule has 4 nitrogen and oxygen atoms in total. The number of hydrogen-bond acceptors (Lipinski definition) is 4. The van der Waals surface area contributed by atoms with Gasteiger partial charge in [0.05, 0.1) is 0 Å². The molecule has 1 N–H and O–H groups in total. The summed E-state index contributed by atoms with van der Waals surface area (Å²) in [5.41, 5.74) is 2.70. The first kappa shape index (κ1) is 14.9. The lowest BCUT2D eigenvalue weighted by Gasteiger charge is -2.19. The number of phenols is 1. The molecular weight excluding hydrogens is 264 g/mol. The summed E-state index contributed by atoms with van der Waals surface area (Å²) in [5.74, 6) is 0.129. The van der Waals surface area contributed by atoms with Gasteiger partial charge in [-0.15, -0.1) is 4.91 Å². The van der Waals surface area contributed by atoms with Crippen molar-refractivity contribution < 1.29 is 5.11 Å². The third kappa shape index (κ3) is 3.75. The minimum atomic E-state index is -0.0146. The van der Waals surface area contributed by atoms with Gasteiger partial charge in [0.15, 0.2) is 0 Å². The van der Waals surface area contributed by atoms with Crippen LogP contribution in [0.3, 0.4) is 0 Å². The summed E-state index contributed by atoms with van der Waals surface area (Å²) in [7, 11) is 0. The summed E-state index contributed by atoms with van der Waals surface area (Å²) in [4.78, 5) is 14.8. The van der Waals surface area contributed by atoms with Gasteiger partial charge in [-0.1, -0.05) is 39.0 Å². The quantitative estimate of drug-likeness (QED) is 0.646. The Morgan fingerprint density at radius 2 is 1.86 bits per heavy atom. The second kappa shape index (κ2) is 5.87. The van der Waals surface area contributed by atoms with E-state index in [9.17, 15) is 10.0 Å². The summed E-state index contributed by atoms with van der Waals surface area (Å²) in [6, 6.07) is 12.2. The fraction of sp³-hybridized carbons (Fsp3) is 0.235. The van der Waals surface area contributed by atoms with E-state index in [4.69, 9.17) is 0 Å². The maximum Gasteiger partial charge on any atom is 0.141 e. The van der Waals surface area contributed by atoms with Crippen LogP contribution in [0.1, 0.15) is 31.9 Å². The highest BCUT2D eigenvalue weighted by Gasteiger charge is 2.15. The van der Waals surface area contributed by atoms with E-state index in [-0.39, 0.29) is 11.2 Å². The van der Waals surface area contributed by atoms with Crippen LogP contribution in [0.4, 0.5) is 11.4 Å². The molecule has 0 unspecified atom stereocenters. The second-order valence-electron chi connectivity index (χ2n) is 5.90. The van der Waals surface area contributed by atoms with Crippen LogP contribution in [0.5, 0.6) is 5.75 Å². The van der Waals surface area contributed by atoms with E-state index in [2.05, 4.69) is 30.9 Å². The molecule has 0 bridgehead atoms. The molecule has 2 aromatic carbocycles. The molecule has 0 atom stereocenters. The SMILES string of the molecule is CC(C)(C)c1ccc(O)c(N=Cc2cccc(N=O)c2)c1. The van der Waals surface area contributed by atoms with Crippen molar-refractivity contribution in [3.05, 3.63) is 58.5 Å². The number of nitroso groups, excluding NO2 is 1. The first-order chi connectivity index (χ1) is 9.90. The summed E-state index contributed by atoms with van der Waals surface area (Å²) >= 11 is 0. The van der Waals surface area contributed by atoms with E-state index in [0.29, 0.717) is 11.4 Å². The van der Waals surface area contributed by atoms with Crippen molar-refractivity contribution >= 4 is 17.6 Å². The molecule has 0 fully saturated rings. The Balaban J connectivity index is 2.34. The van der Waals surface area contributed by atoms with Crippen LogP contribution in [-0.2, 0) is 5.41 Å². The zero-order chi connectivity index (χ0) is 15.5. The number of rotatable bonds is 3. The average Bonchev–Trinajstić information content (AvgIpc) is 2.45. The van der Waals surface area contributed by atoms with Crippen LogP contribution in [0.25, 0.3) is 0 Å². The molecule has 4 heteroatoms. The van der Waals surface area contributed by atoms with Gasteiger partial charge in [0.2, 0.25) is 0 Å². The molecule has 0 radical (unpaired) electrons. The van der Waals surface area contributed by atoms with E-state index >= 15 is 0 Å². The summed E-state index contributed by atoms with van der Waals surface area (Å²) in [5, 5.41) is 12.8. The molecule has 0 saturated carbocycles. The normalized spacial score (nSPS) is 11.8. The maximum absolute atomic E-state index is 10.5. The van der Waals surface area contributed by atoms with E-state index in [1.807, 2.05) is 18.2 Å². The van der Waals surface area contributed by atoms with Crippen molar-refractivity contribution in [2.24, 2.45) is 10.2 Å². The van der Waals surface area contributed by atoms with Gasteiger partial charge in [-0.05, 0) is 46.0 Å². The minimum Gasteiger partial charge on any atom is -0.506 e. The number of phenolic OH excluding ortho intramolecular Hbond substituents is 1. The number of hydrogen-bond donors (Lipinski definition) is 1. The molecule has 21 heavy (non-hydrogen) atoms. The fourth-order valence-electron chi connectivity index (χ4n) is 1.90. The van der Waals surface area contributed by atoms with Crippen LogP contribution in [0, 0.1) is 4.91 Å². The van der Waals surface area contributed by atoms with Crippen molar-refractivity contribution in [3.63, 3.8) is 0 Å². The number of aromatic hydroxyl groups is 1. The molecule has 2 rings (SSSR count). The predicted molar refractivity (Wildman–Crippen MR) is 86.0 cm³/mol.